The number of rotatable bonds is 4. The Bertz CT molecular complexity index is 148. The van der Waals surface area contributed by atoms with Gasteiger partial charge in [-0.1, -0.05) is 13.8 Å². The van der Waals surface area contributed by atoms with Crippen LogP contribution < -0.4 is 11.1 Å². The Morgan fingerprint density at radius 3 is 2.21 bits per heavy atom. The number of hydrogen-bond donors (Lipinski definition) is 2. The van der Waals surface area contributed by atoms with Gasteiger partial charge in [0.2, 0.25) is 0 Å². The molecule has 1 unspecified atom stereocenters. The average molecular weight is 198 g/mol. The molecule has 1 aliphatic carbocycles. The topological polar surface area (TPSA) is 38.0 Å². The van der Waals surface area contributed by atoms with Crippen molar-refractivity contribution in [2.45, 2.75) is 71.0 Å². The van der Waals surface area contributed by atoms with Crippen molar-refractivity contribution in [3.8, 4) is 0 Å². The van der Waals surface area contributed by atoms with E-state index in [4.69, 9.17) is 5.73 Å². The van der Waals surface area contributed by atoms with Gasteiger partial charge in [-0.25, -0.2) is 0 Å². The van der Waals surface area contributed by atoms with Crippen molar-refractivity contribution < 1.29 is 0 Å². The Labute approximate surface area is 88.6 Å². The molecule has 2 nitrogen and oxygen atoms in total. The molecule has 3 N–H and O–H groups in total. The molecule has 0 saturated heterocycles. The lowest BCUT2D eigenvalue weighted by atomic mass is 9.91. The van der Waals surface area contributed by atoms with Crippen LogP contribution in [-0.2, 0) is 0 Å². The van der Waals surface area contributed by atoms with E-state index in [0.29, 0.717) is 12.1 Å². The van der Waals surface area contributed by atoms with E-state index >= 15 is 0 Å². The van der Waals surface area contributed by atoms with Crippen LogP contribution >= 0.6 is 0 Å². The maximum atomic E-state index is 5.88. The molecule has 0 amide bonds. The van der Waals surface area contributed by atoms with E-state index in [2.05, 4.69) is 26.1 Å². The van der Waals surface area contributed by atoms with Crippen LogP contribution in [0.25, 0.3) is 0 Å². The summed E-state index contributed by atoms with van der Waals surface area (Å²) in [6, 6.07) is 1.85. The second kappa shape index (κ2) is 5.72. The summed E-state index contributed by atoms with van der Waals surface area (Å²) < 4.78 is 0. The quantitative estimate of drug-likeness (QED) is 0.727. The predicted molar refractivity (Wildman–Crippen MR) is 62.3 cm³/mol. The Kier molecular flexibility index (Phi) is 4.90. The average Bonchev–Trinajstić information content (AvgIpc) is 2.07. The van der Waals surface area contributed by atoms with Crippen LogP contribution in [0.2, 0.25) is 0 Å². The number of hydrogen-bond acceptors (Lipinski definition) is 2. The van der Waals surface area contributed by atoms with E-state index in [1.165, 1.54) is 32.1 Å². The monoisotopic (exact) mass is 198 g/mol. The molecule has 0 aromatic rings. The van der Waals surface area contributed by atoms with Crippen LogP contribution in [0, 0.1) is 5.92 Å². The summed E-state index contributed by atoms with van der Waals surface area (Å²) in [4.78, 5) is 0. The molecule has 1 atom stereocenters. The molecule has 0 bridgehead atoms. The molecule has 1 rings (SSSR count). The minimum Gasteiger partial charge on any atom is -0.328 e. The Hall–Kier alpha value is -0.0800. The third kappa shape index (κ3) is 4.43. The molecule has 0 aromatic heterocycles. The van der Waals surface area contributed by atoms with E-state index in [1.807, 2.05) is 0 Å². The molecule has 0 heterocycles. The normalized spacial score (nSPS) is 30.6. The third-order valence-corrected chi connectivity index (χ3v) is 3.12. The molecular weight excluding hydrogens is 172 g/mol. The van der Waals surface area contributed by atoms with Crippen molar-refractivity contribution in [1.29, 1.82) is 0 Å². The van der Waals surface area contributed by atoms with Gasteiger partial charge in [-0.05, 0) is 44.9 Å². The molecule has 84 valence electrons. The van der Waals surface area contributed by atoms with Gasteiger partial charge in [0.1, 0.15) is 0 Å². The zero-order valence-corrected chi connectivity index (χ0v) is 9.92. The Morgan fingerprint density at radius 2 is 1.71 bits per heavy atom. The highest BCUT2D eigenvalue weighted by atomic mass is 14.9. The van der Waals surface area contributed by atoms with Gasteiger partial charge in [0.05, 0.1) is 0 Å². The standard InChI is InChI=1S/C12H26N2/c1-9(2)8-10(3)14-12-6-4-11(13)5-7-12/h9-12,14H,4-8,13H2,1-3H3. The highest BCUT2D eigenvalue weighted by Crippen LogP contribution is 2.18. The molecule has 0 radical (unpaired) electrons. The second-order valence-electron chi connectivity index (χ2n) is 5.31. The van der Waals surface area contributed by atoms with E-state index in [9.17, 15) is 0 Å². The van der Waals surface area contributed by atoms with Crippen molar-refractivity contribution in [3.63, 3.8) is 0 Å². The van der Waals surface area contributed by atoms with Gasteiger partial charge in [0.15, 0.2) is 0 Å². The lowest BCUT2D eigenvalue weighted by Gasteiger charge is -2.30. The number of nitrogens with two attached hydrogens (primary N) is 1. The van der Waals surface area contributed by atoms with Crippen LogP contribution in [0.15, 0.2) is 0 Å². The highest BCUT2D eigenvalue weighted by molar-refractivity contribution is 4.80. The lowest BCUT2D eigenvalue weighted by molar-refractivity contribution is 0.304. The Morgan fingerprint density at radius 1 is 1.14 bits per heavy atom. The van der Waals surface area contributed by atoms with Gasteiger partial charge in [0, 0.05) is 18.1 Å². The summed E-state index contributed by atoms with van der Waals surface area (Å²) in [6.45, 7) is 6.87. The molecular formula is C12H26N2. The maximum absolute atomic E-state index is 5.88. The predicted octanol–water partition coefficient (Wildman–Crippen LogP) is 2.28. The molecule has 0 aromatic carbocycles. The zero-order valence-electron chi connectivity index (χ0n) is 9.92. The van der Waals surface area contributed by atoms with Crippen molar-refractivity contribution in [2.24, 2.45) is 11.7 Å². The summed E-state index contributed by atoms with van der Waals surface area (Å²) in [5, 5.41) is 3.72. The van der Waals surface area contributed by atoms with Crippen LogP contribution in [-0.4, -0.2) is 18.1 Å². The summed E-state index contributed by atoms with van der Waals surface area (Å²) in [5.41, 5.74) is 5.88. The summed E-state index contributed by atoms with van der Waals surface area (Å²) in [7, 11) is 0. The maximum Gasteiger partial charge on any atom is 0.00706 e. The van der Waals surface area contributed by atoms with Gasteiger partial charge in [-0.15, -0.1) is 0 Å². The fraction of sp³-hybridized carbons (Fsp3) is 1.00. The van der Waals surface area contributed by atoms with E-state index in [1.54, 1.807) is 0 Å². The largest absolute Gasteiger partial charge is 0.328 e. The lowest BCUT2D eigenvalue weighted by Crippen LogP contribution is -2.41. The first-order valence-electron chi connectivity index (χ1n) is 6.09. The first kappa shape index (κ1) is 12.0. The smallest absolute Gasteiger partial charge is 0.00706 e. The van der Waals surface area contributed by atoms with E-state index in [0.717, 1.165) is 12.0 Å². The molecule has 1 saturated carbocycles. The summed E-state index contributed by atoms with van der Waals surface area (Å²) in [6.07, 6.45) is 6.22. The van der Waals surface area contributed by atoms with Crippen molar-refractivity contribution in [2.75, 3.05) is 0 Å². The van der Waals surface area contributed by atoms with Crippen LogP contribution in [0.3, 0.4) is 0 Å². The van der Waals surface area contributed by atoms with Crippen molar-refractivity contribution in [1.82, 2.24) is 5.32 Å². The highest BCUT2D eigenvalue weighted by Gasteiger charge is 2.19. The van der Waals surface area contributed by atoms with Crippen molar-refractivity contribution >= 4 is 0 Å². The van der Waals surface area contributed by atoms with Gasteiger partial charge in [0.25, 0.3) is 0 Å². The molecule has 1 fully saturated rings. The third-order valence-electron chi connectivity index (χ3n) is 3.12. The van der Waals surface area contributed by atoms with Gasteiger partial charge in [-0.2, -0.15) is 0 Å². The van der Waals surface area contributed by atoms with Gasteiger partial charge >= 0.3 is 0 Å². The molecule has 1 aliphatic rings. The van der Waals surface area contributed by atoms with Crippen molar-refractivity contribution in [3.05, 3.63) is 0 Å². The zero-order chi connectivity index (χ0) is 10.6. The summed E-state index contributed by atoms with van der Waals surface area (Å²) in [5.74, 6) is 0.795. The fourth-order valence-corrected chi connectivity index (χ4v) is 2.46. The van der Waals surface area contributed by atoms with Crippen LogP contribution in [0.5, 0.6) is 0 Å². The summed E-state index contributed by atoms with van der Waals surface area (Å²) >= 11 is 0. The second-order valence-corrected chi connectivity index (χ2v) is 5.31. The fourth-order valence-electron chi connectivity index (χ4n) is 2.46. The Balaban J connectivity index is 2.17. The first-order chi connectivity index (χ1) is 6.58. The van der Waals surface area contributed by atoms with Crippen LogP contribution in [0.4, 0.5) is 0 Å². The minimum atomic E-state index is 0.466. The van der Waals surface area contributed by atoms with E-state index < -0.39 is 0 Å². The van der Waals surface area contributed by atoms with Crippen LogP contribution in [0.1, 0.15) is 52.9 Å². The molecule has 14 heavy (non-hydrogen) atoms. The SMILES string of the molecule is CC(C)CC(C)NC1CCC(N)CC1. The van der Waals surface area contributed by atoms with E-state index in [-0.39, 0.29) is 0 Å². The van der Waals surface area contributed by atoms with Gasteiger partial charge < -0.3 is 11.1 Å². The number of nitrogens with one attached hydrogen (secondary N) is 1. The molecule has 0 aliphatic heterocycles. The van der Waals surface area contributed by atoms with Gasteiger partial charge in [-0.3, -0.25) is 0 Å². The first-order valence-corrected chi connectivity index (χ1v) is 6.09. The minimum absolute atomic E-state index is 0.466. The molecule has 2 heteroatoms. The molecule has 0 spiro atoms.